The lowest BCUT2D eigenvalue weighted by Crippen LogP contribution is -2.25. The van der Waals surface area contributed by atoms with Crippen LogP contribution in [0, 0.1) is 5.92 Å². The minimum absolute atomic E-state index is 0.0850. The fourth-order valence-electron chi connectivity index (χ4n) is 2.01. The summed E-state index contributed by atoms with van der Waals surface area (Å²) in [7, 11) is 0. The third-order valence-corrected chi connectivity index (χ3v) is 5.03. The Labute approximate surface area is 132 Å². The van der Waals surface area contributed by atoms with Crippen LogP contribution in [0.4, 0.5) is 5.69 Å². The largest absolute Gasteiger partial charge is 0.310 e. The first kappa shape index (κ1) is 15.0. The Morgan fingerprint density at radius 3 is 2.68 bits per heavy atom. The van der Waals surface area contributed by atoms with Gasteiger partial charge in [-0.15, -0.1) is 0 Å². The lowest BCUT2D eigenvalue weighted by atomic mass is 10.1. The summed E-state index contributed by atoms with van der Waals surface area (Å²) in [5, 5.41) is 0.0946. The Balaban J connectivity index is 2.14. The predicted molar refractivity (Wildman–Crippen MR) is 83.2 cm³/mol. The SMILES string of the molecule is CC(=O)SCC1CC(=O)N(c2c(Br)cncc2Br)C1. The number of aromatic nitrogens is 1. The van der Waals surface area contributed by atoms with E-state index in [1.165, 1.54) is 11.8 Å². The highest BCUT2D eigenvalue weighted by Gasteiger charge is 2.32. The van der Waals surface area contributed by atoms with Crippen LogP contribution in [-0.4, -0.2) is 28.3 Å². The number of carbonyl (C=O) groups is 2. The first-order valence-electron chi connectivity index (χ1n) is 5.71. The van der Waals surface area contributed by atoms with E-state index in [4.69, 9.17) is 0 Å². The van der Waals surface area contributed by atoms with Gasteiger partial charge in [-0.2, -0.15) is 0 Å². The lowest BCUT2D eigenvalue weighted by molar-refractivity contribution is -0.117. The second-order valence-corrected chi connectivity index (χ2v) is 7.23. The third kappa shape index (κ3) is 3.58. The molecule has 4 nitrogen and oxygen atoms in total. The molecular formula is C12H12Br2N2O2S. The zero-order valence-electron chi connectivity index (χ0n) is 10.2. The van der Waals surface area contributed by atoms with Gasteiger partial charge in [0.05, 0.1) is 14.6 Å². The molecule has 2 heterocycles. The number of anilines is 1. The number of halogens is 2. The van der Waals surface area contributed by atoms with Crippen LogP contribution < -0.4 is 4.90 Å². The second kappa shape index (κ2) is 6.37. The van der Waals surface area contributed by atoms with Gasteiger partial charge in [-0.05, 0) is 37.8 Å². The van der Waals surface area contributed by atoms with Crippen molar-refractivity contribution < 1.29 is 9.59 Å². The number of nitrogens with zero attached hydrogens (tertiary/aromatic N) is 2. The van der Waals surface area contributed by atoms with E-state index < -0.39 is 0 Å². The third-order valence-electron chi connectivity index (χ3n) is 2.83. The van der Waals surface area contributed by atoms with Gasteiger partial charge in [0, 0.05) is 38.0 Å². The zero-order valence-corrected chi connectivity index (χ0v) is 14.2. The summed E-state index contributed by atoms with van der Waals surface area (Å²) in [5.74, 6) is 0.993. The van der Waals surface area contributed by atoms with Crippen molar-refractivity contribution in [3.05, 3.63) is 21.3 Å². The molecule has 1 amide bonds. The monoisotopic (exact) mass is 406 g/mol. The van der Waals surface area contributed by atoms with E-state index in [2.05, 4.69) is 36.8 Å². The van der Waals surface area contributed by atoms with E-state index in [1.54, 1.807) is 24.2 Å². The normalized spacial score (nSPS) is 19.0. The number of amides is 1. The number of thioether (sulfide) groups is 1. The number of hydrogen-bond acceptors (Lipinski definition) is 4. The van der Waals surface area contributed by atoms with Gasteiger partial charge < -0.3 is 4.90 Å². The Kier molecular flexibility index (Phi) is 5.03. The summed E-state index contributed by atoms with van der Waals surface area (Å²) in [4.78, 5) is 28.9. The average molecular weight is 408 g/mol. The number of rotatable bonds is 3. The molecule has 0 saturated carbocycles. The highest BCUT2D eigenvalue weighted by molar-refractivity contribution is 9.11. The lowest BCUT2D eigenvalue weighted by Gasteiger charge is -2.19. The van der Waals surface area contributed by atoms with Crippen molar-refractivity contribution >= 4 is 60.3 Å². The second-order valence-electron chi connectivity index (χ2n) is 4.33. The molecule has 1 saturated heterocycles. The van der Waals surface area contributed by atoms with E-state index in [1.807, 2.05) is 0 Å². The molecule has 1 unspecified atom stereocenters. The van der Waals surface area contributed by atoms with Crippen molar-refractivity contribution in [2.75, 3.05) is 17.2 Å². The van der Waals surface area contributed by atoms with Gasteiger partial charge in [-0.1, -0.05) is 11.8 Å². The fourth-order valence-corrected chi connectivity index (χ4v) is 4.06. The molecule has 0 N–H and O–H groups in total. The summed E-state index contributed by atoms with van der Waals surface area (Å²) >= 11 is 8.12. The van der Waals surface area contributed by atoms with E-state index >= 15 is 0 Å². The molecular weight excluding hydrogens is 396 g/mol. The molecule has 102 valence electrons. The molecule has 7 heteroatoms. The van der Waals surface area contributed by atoms with E-state index in [0.29, 0.717) is 18.7 Å². The highest BCUT2D eigenvalue weighted by atomic mass is 79.9. The Bertz CT molecular complexity index is 504. The van der Waals surface area contributed by atoms with Crippen LogP contribution in [0.3, 0.4) is 0 Å². The van der Waals surface area contributed by atoms with Crippen LogP contribution in [0.5, 0.6) is 0 Å². The van der Waals surface area contributed by atoms with Gasteiger partial charge in [-0.25, -0.2) is 0 Å². The Hall–Kier alpha value is -0.400. The molecule has 0 aliphatic carbocycles. The maximum atomic E-state index is 12.1. The van der Waals surface area contributed by atoms with E-state index in [-0.39, 0.29) is 16.9 Å². The van der Waals surface area contributed by atoms with Gasteiger partial charge in [-0.3, -0.25) is 14.6 Å². The summed E-state index contributed by atoms with van der Waals surface area (Å²) < 4.78 is 1.57. The number of hydrogen-bond donors (Lipinski definition) is 0. The van der Waals surface area contributed by atoms with E-state index in [0.717, 1.165) is 14.6 Å². The van der Waals surface area contributed by atoms with Crippen LogP contribution >= 0.6 is 43.6 Å². The summed E-state index contributed by atoms with van der Waals surface area (Å²) in [5.41, 5.74) is 0.815. The molecule has 1 atom stereocenters. The topological polar surface area (TPSA) is 50.3 Å². The fraction of sp³-hybridized carbons (Fsp3) is 0.417. The van der Waals surface area contributed by atoms with Crippen molar-refractivity contribution in [3.63, 3.8) is 0 Å². The molecule has 1 aromatic rings. The standard InChI is InChI=1S/C12H12Br2N2O2S/c1-7(17)19-6-8-2-11(18)16(5-8)12-9(13)3-15-4-10(12)14/h3-4,8H,2,5-6H2,1H3. The molecule has 19 heavy (non-hydrogen) atoms. The smallest absolute Gasteiger partial charge is 0.227 e. The van der Waals surface area contributed by atoms with Crippen LogP contribution in [-0.2, 0) is 9.59 Å². The summed E-state index contributed by atoms with van der Waals surface area (Å²) in [6, 6.07) is 0. The predicted octanol–water partition coefficient (Wildman–Crippen LogP) is 3.24. The Morgan fingerprint density at radius 1 is 1.47 bits per heavy atom. The highest BCUT2D eigenvalue weighted by Crippen LogP contribution is 2.37. The van der Waals surface area contributed by atoms with Crippen LogP contribution in [0.15, 0.2) is 21.3 Å². The Morgan fingerprint density at radius 2 is 2.11 bits per heavy atom. The van der Waals surface area contributed by atoms with Gasteiger partial charge >= 0.3 is 0 Å². The molecule has 1 fully saturated rings. The molecule has 0 aromatic carbocycles. The van der Waals surface area contributed by atoms with E-state index in [9.17, 15) is 9.59 Å². The van der Waals surface area contributed by atoms with Gasteiger partial charge in [0.15, 0.2) is 5.12 Å². The van der Waals surface area contributed by atoms with Gasteiger partial charge in [0.2, 0.25) is 5.91 Å². The molecule has 0 radical (unpaired) electrons. The van der Waals surface area contributed by atoms with Crippen molar-refractivity contribution in [3.8, 4) is 0 Å². The van der Waals surface area contributed by atoms with Crippen LogP contribution in [0.2, 0.25) is 0 Å². The summed E-state index contributed by atoms with van der Waals surface area (Å²) in [6.45, 7) is 2.19. The maximum Gasteiger partial charge on any atom is 0.227 e. The molecule has 0 spiro atoms. The van der Waals surface area contributed by atoms with Gasteiger partial charge in [0.1, 0.15) is 0 Å². The van der Waals surface area contributed by atoms with Gasteiger partial charge in [0.25, 0.3) is 0 Å². The van der Waals surface area contributed by atoms with Crippen LogP contribution in [0.25, 0.3) is 0 Å². The zero-order chi connectivity index (χ0) is 14.0. The average Bonchev–Trinajstić information content (AvgIpc) is 2.68. The van der Waals surface area contributed by atoms with Crippen molar-refractivity contribution in [1.29, 1.82) is 0 Å². The minimum atomic E-state index is 0.0850. The molecule has 1 aliphatic heterocycles. The quantitative estimate of drug-likeness (QED) is 0.771. The first-order valence-corrected chi connectivity index (χ1v) is 8.29. The molecule has 1 aliphatic rings. The molecule has 0 bridgehead atoms. The summed E-state index contributed by atoms with van der Waals surface area (Å²) in [6.07, 6.45) is 3.83. The van der Waals surface area contributed by atoms with Crippen molar-refractivity contribution in [1.82, 2.24) is 4.98 Å². The maximum absolute atomic E-state index is 12.1. The number of pyridine rings is 1. The molecule has 1 aromatic heterocycles. The molecule has 2 rings (SSSR count). The van der Waals surface area contributed by atoms with Crippen molar-refractivity contribution in [2.45, 2.75) is 13.3 Å². The first-order chi connectivity index (χ1) is 8.99. The van der Waals surface area contributed by atoms with Crippen LogP contribution in [0.1, 0.15) is 13.3 Å². The minimum Gasteiger partial charge on any atom is -0.310 e. The van der Waals surface area contributed by atoms with Crippen molar-refractivity contribution in [2.24, 2.45) is 5.92 Å². The number of carbonyl (C=O) groups excluding carboxylic acids is 2.